The smallest absolute Gasteiger partial charge is 0.261 e. The Balaban J connectivity index is 1.59. The van der Waals surface area contributed by atoms with Crippen LogP contribution in [0.2, 0.25) is 0 Å². The molecule has 0 bridgehead atoms. The van der Waals surface area contributed by atoms with Gasteiger partial charge in [-0.1, -0.05) is 89.0 Å². The Labute approximate surface area is 241 Å². The van der Waals surface area contributed by atoms with E-state index in [2.05, 4.69) is 11.5 Å². The molecule has 0 atom stereocenters. The lowest BCUT2D eigenvalue weighted by Gasteiger charge is -2.21. The Morgan fingerprint density at radius 1 is 0.750 bits per heavy atom. The zero-order valence-corrected chi connectivity index (χ0v) is 24.7. The summed E-state index contributed by atoms with van der Waals surface area (Å²) in [5, 5.41) is 0. The number of unbranched alkanes of at least 4 members (excludes halogenated alkanes) is 9. The molecular weight excluding hydrogens is 496 g/mol. The molecule has 0 aliphatic rings. The van der Waals surface area contributed by atoms with E-state index >= 15 is 0 Å². The van der Waals surface area contributed by atoms with Crippen LogP contribution in [0.5, 0.6) is 5.75 Å². The molecule has 0 radical (unpaired) electrons. The average Bonchev–Trinajstić information content (AvgIpc) is 2.98. The van der Waals surface area contributed by atoms with Crippen molar-refractivity contribution in [2.45, 2.75) is 98.1 Å². The van der Waals surface area contributed by atoms with Crippen molar-refractivity contribution in [3.8, 4) is 5.75 Å². The second-order valence-electron chi connectivity index (χ2n) is 10.5. The lowest BCUT2D eigenvalue weighted by atomic mass is 10.1. The van der Waals surface area contributed by atoms with Crippen molar-refractivity contribution < 1.29 is 18.9 Å². The quantitative estimate of drug-likeness (QED) is 0.0982. The number of aryl methyl sites for hydroxylation is 2. The lowest BCUT2D eigenvalue weighted by Crippen LogP contribution is -2.43. The number of rotatable bonds is 17. The number of pyridine rings is 1. The fraction of sp³-hybridized carbons (Fsp3) is 0.457. The molecule has 2 amide bonds. The highest BCUT2D eigenvalue weighted by molar-refractivity contribution is 6.10. The van der Waals surface area contributed by atoms with Crippen LogP contribution in [0.1, 0.15) is 110 Å². The van der Waals surface area contributed by atoms with E-state index in [1.165, 1.54) is 62.7 Å². The Kier molecular flexibility index (Phi) is 13.4. The second-order valence-corrected chi connectivity index (χ2v) is 10.5. The number of hydrogen-bond donors (Lipinski definition) is 0. The summed E-state index contributed by atoms with van der Waals surface area (Å²) < 4.78 is 8.05. The number of nitrogens with zero attached hydrogens (tertiary/aromatic N) is 2. The summed E-state index contributed by atoms with van der Waals surface area (Å²) in [7, 11) is 0. The van der Waals surface area contributed by atoms with Crippen LogP contribution < -0.4 is 9.30 Å². The van der Waals surface area contributed by atoms with Crippen LogP contribution in [0, 0.1) is 6.92 Å². The molecule has 0 unspecified atom stereocenters. The van der Waals surface area contributed by atoms with Gasteiger partial charge < -0.3 is 4.74 Å². The first-order chi connectivity index (χ1) is 19.5. The third-order valence-corrected chi connectivity index (χ3v) is 7.40. The van der Waals surface area contributed by atoms with Gasteiger partial charge in [0.25, 0.3) is 11.8 Å². The summed E-state index contributed by atoms with van der Waals surface area (Å²) >= 11 is 0. The minimum absolute atomic E-state index is 0.192. The molecule has 3 aromatic rings. The molecule has 0 saturated carbocycles. The monoisotopic (exact) mass is 543 g/mol. The fourth-order valence-electron chi connectivity index (χ4n) is 4.99. The standard InChI is InChI=1S/C35H47N2O3/c1-4-6-7-8-9-10-11-12-13-19-26-40-32-23-24-33(29(3)27-32)35(39)37(34(38)30-20-15-14-16-21-30)28-31-22-17-18-25-36(31)5-2/h14-18,20-25,27H,4-13,19,26,28H2,1-3H3/q+1. The summed E-state index contributed by atoms with van der Waals surface area (Å²) in [5.41, 5.74) is 2.70. The third kappa shape index (κ3) is 9.62. The number of ether oxygens (including phenoxy) is 1. The number of aromatic nitrogens is 1. The van der Waals surface area contributed by atoms with Crippen LogP contribution in [0.25, 0.3) is 0 Å². The molecule has 0 fully saturated rings. The number of amides is 2. The zero-order chi connectivity index (χ0) is 28.6. The molecule has 2 aromatic carbocycles. The van der Waals surface area contributed by atoms with E-state index < -0.39 is 0 Å². The van der Waals surface area contributed by atoms with Crippen molar-refractivity contribution in [1.82, 2.24) is 4.90 Å². The maximum atomic E-state index is 13.8. The molecule has 0 aliphatic heterocycles. The number of carbonyl (C=O) groups is 2. The fourth-order valence-corrected chi connectivity index (χ4v) is 4.99. The lowest BCUT2D eigenvalue weighted by molar-refractivity contribution is -0.701. The van der Waals surface area contributed by atoms with Crippen LogP contribution in [-0.4, -0.2) is 23.3 Å². The predicted octanol–water partition coefficient (Wildman–Crippen LogP) is 8.08. The van der Waals surface area contributed by atoms with Gasteiger partial charge in [0, 0.05) is 23.3 Å². The summed E-state index contributed by atoms with van der Waals surface area (Å²) in [5.74, 6) is 0.148. The van der Waals surface area contributed by atoms with E-state index in [1.807, 2.05) is 68.6 Å². The molecule has 1 aromatic heterocycles. The van der Waals surface area contributed by atoms with E-state index in [0.717, 1.165) is 30.0 Å². The van der Waals surface area contributed by atoms with Crippen molar-refractivity contribution in [2.24, 2.45) is 0 Å². The molecule has 3 rings (SSSR count). The van der Waals surface area contributed by atoms with Crippen molar-refractivity contribution in [3.05, 3.63) is 95.3 Å². The highest BCUT2D eigenvalue weighted by Crippen LogP contribution is 2.21. The Morgan fingerprint density at radius 2 is 1.40 bits per heavy atom. The largest absolute Gasteiger partial charge is 0.494 e. The van der Waals surface area contributed by atoms with E-state index in [-0.39, 0.29) is 18.4 Å². The van der Waals surface area contributed by atoms with Gasteiger partial charge in [-0.15, -0.1) is 0 Å². The molecular formula is C35H47N2O3+. The maximum absolute atomic E-state index is 13.8. The van der Waals surface area contributed by atoms with Crippen molar-refractivity contribution in [2.75, 3.05) is 6.61 Å². The van der Waals surface area contributed by atoms with Gasteiger partial charge in [0.2, 0.25) is 5.69 Å². The number of imide groups is 1. The highest BCUT2D eigenvalue weighted by atomic mass is 16.5. The van der Waals surface area contributed by atoms with Gasteiger partial charge in [-0.05, 0) is 56.2 Å². The molecule has 0 spiro atoms. The number of benzene rings is 2. The maximum Gasteiger partial charge on any atom is 0.261 e. The summed E-state index contributed by atoms with van der Waals surface area (Å²) in [6.45, 7) is 7.83. The molecule has 1 heterocycles. The van der Waals surface area contributed by atoms with Crippen molar-refractivity contribution in [1.29, 1.82) is 0 Å². The molecule has 0 saturated heterocycles. The van der Waals surface area contributed by atoms with Gasteiger partial charge >= 0.3 is 0 Å². The Bertz CT molecular complexity index is 1190. The minimum Gasteiger partial charge on any atom is -0.494 e. The SMILES string of the molecule is CCCCCCCCCCCCOc1ccc(C(=O)N(Cc2cccc[n+]2CC)C(=O)c2ccccc2)c(C)c1. The van der Waals surface area contributed by atoms with Gasteiger partial charge in [0.05, 0.1) is 6.61 Å². The van der Waals surface area contributed by atoms with E-state index in [1.54, 1.807) is 18.2 Å². The average molecular weight is 544 g/mol. The normalized spacial score (nSPS) is 10.9. The first-order valence-electron chi connectivity index (χ1n) is 15.2. The van der Waals surface area contributed by atoms with Crippen LogP contribution >= 0.6 is 0 Å². The van der Waals surface area contributed by atoms with Gasteiger partial charge in [0.1, 0.15) is 18.8 Å². The molecule has 0 aliphatic carbocycles. The van der Waals surface area contributed by atoms with E-state index in [4.69, 9.17) is 4.74 Å². The molecule has 5 nitrogen and oxygen atoms in total. The van der Waals surface area contributed by atoms with Crippen LogP contribution in [0.4, 0.5) is 0 Å². The van der Waals surface area contributed by atoms with Crippen LogP contribution in [-0.2, 0) is 13.1 Å². The van der Waals surface area contributed by atoms with Crippen LogP contribution in [0.3, 0.4) is 0 Å². The second kappa shape index (κ2) is 17.3. The number of hydrogen-bond acceptors (Lipinski definition) is 3. The predicted molar refractivity (Wildman–Crippen MR) is 161 cm³/mol. The van der Waals surface area contributed by atoms with Crippen molar-refractivity contribution >= 4 is 11.8 Å². The Hall–Kier alpha value is -3.47. The van der Waals surface area contributed by atoms with Gasteiger partial charge in [0.15, 0.2) is 6.20 Å². The summed E-state index contributed by atoms with van der Waals surface area (Å²) in [6, 6.07) is 20.4. The Morgan fingerprint density at radius 3 is 2.05 bits per heavy atom. The van der Waals surface area contributed by atoms with Gasteiger partial charge in [-0.2, -0.15) is 0 Å². The first-order valence-corrected chi connectivity index (χ1v) is 15.2. The first kappa shape index (κ1) is 31.1. The molecule has 214 valence electrons. The topological polar surface area (TPSA) is 50.5 Å². The zero-order valence-electron chi connectivity index (χ0n) is 24.7. The molecule has 0 N–H and O–H groups in total. The van der Waals surface area contributed by atoms with Gasteiger partial charge in [-0.3, -0.25) is 14.5 Å². The highest BCUT2D eigenvalue weighted by Gasteiger charge is 2.28. The molecule has 40 heavy (non-hydrogen) atoms. The van der Waals surface area contributed by atoms with Crippen LogP contribution in [0.15, 0.2) is 72.9 Å². The summed E-state index contributed by atoms with van der Waals surface area (Å²) in [6.07, 6.45) is 14.9. The van der Waals surface area contributed by atoms with E-state index in [0.29, 0.717) is 17.7 Å². The van der Waals surface area contributed by atoms with Crippen molar-refractivity contribution in [3.63, 3.8) is 0 Å². The summed E-state index contributed by atoms with van der Waals surface area (Å²) in [4.78, 5) is 28.7. The third-order valence-electron chi connectivity index (χ3n) is 7.40. The van der Waals surface area contributed by atoms with E-state index in [9.17, 15) is 9.59 Å². The molecule has 5 heteroatoms. The number of carbonyl (C=O) groups excluding carboxylic acids is 2. The van der Waals surface area contributed by atoms with Gasteiger partial charge in [-0.25, -0.2) is 4.57 Å². The minimum atomic E-state index is -0.308.